The van der Waals surface area contributed by atoms with Gasteiger partial charge in [0.1, 0.15) is 0 Å². The number of carboxylic acid groups (broad SMARTS) is 1. The molecule has 5 nitrogen and oxygen atoms in total. The molecule has 0 bridgehead atoms. The summed E-state index contributed by atoms with van der Waals surface area (Å²) in [6.45, 7) is 4.49. The van der Waals surface area contributed by atoms with Crippen LogP contribution in [0.4, 0.5) is 0 Å². The van der Waals surface area contributed by atoms with Crippen LogP contribution in [-0.2, 0) is 19.0 Å². The molecule has 122 valence electrons. The van der Waals surface area contributed by atoms with Gasteiger partial charge in [-0.1, -0.05) is 6.42 Å². The van der Waals surface area contributed by atoms with Crippen LogP contribution < -0.4 is 0 Å². The molecule has 3 atom stereocenters. The third-order valence-corrected chi connectivity index (χ3v) is 4.41. The van der Waals surface area contributed by atoms with Gasteiger partial charge in [0.15, 0.2) is 11.9 Å². The predicted molar refractivity (Wildman–Crippen MR) is 78.1 cm³/mol. The average Bonchev–Trinajstić information content (AvgIpc) is 2.47. The van der Waals surface area contributed by atoms with E-state index >= 15 is 0 Å². The quantitative estimate of drug-likeness (QED) is 0.817. The molecule has 1 saturated carbocycles. The van der Waals surface area contributed by atoms with Crippen LogP contribution in [0.3, 0.4) is 0 Å². The second kappa shape index (κ2) is 7.56. The predicted octanol–water partition coefficient (Wildman–Crippen LogP) is 2.97. The van der Waals surface area contributed by atoms with E-state index in [-0.39, 0.29) is 12.4 Å². The molecule has 0 radical (unpaired) electrons. The number of carbonyl (C=O) groups is 1. The van der Waals surface area contributed by atoms with Crippen LogP contribution in [0, 0.1) is 5.92 Å². The molecule has 5 heteroatoms. The van der Waals surface area contributed by atoms with E-state index in [1.54, 1.807) is 13.8 Å². The summed E-state index contributed by atoms with van der Waals surface area (Å²) in [7, 11) is 0. The topological polar surface area (TPSA) is 65.0 Å². The summed E-state index contributed by atoms with van der Waals surface area (Å²) >= 11 is 0. The normalized spacial score (nSPS) is 31.0. The van der Waals surface area contributed by atoms with Crippen LogP contribution in [0.1, 0.15) is 58.8 Å². The van der Waals surface area contributed by atoms with Gasteiger partial charge in [-0.25, -0.2) is 4.79 Å². The molecule has 0 aromatic rings. The van der Waals surface area contributed by atoms with Gasteiger partial charge in [0.2, 0.25) is 0 Å². The number of hydrogen-bond acceptors (Lipinski definition) is 4. The molecular formula is C16H28O5. The Bertz CT molecular complexity index is 336. The van der Waals surface area contributed by atoms with Crippen LogP contribution in [-0.4, -0.2) is 42.3 Å². The highest BCUT2D eigenvalue weighted by Crippen LogP contribution is 2.30. The minimum atomic E-state index is -1.11. The maximum atomic E-state index is 11.1. The minimum absolute atomic E-state index is 0.0427. The van der Waals surface area contributed by atoms with E-state index in [2.05, 4.69) is 0 Å². The van der Waals surface area contributed by atoms with Crippen molar-refractivity contribution in [3.05, 3.63) is 0 Å². The number of aliphatic carboxylic acids is 1. The summed E-state index contributed by atoms with van der Waals surface area (Å²) in [6, 6.07) is 0. The second-order valence-corrected chi connectivity index (χ2v) is 6.71. The van der Waals surface area contributed by atoms with Gasteiger partial charge in [-0.3, -0.25) is 0 Å². The van der Waals surface area contributed by atoms with E-state index < -0.39 is 11.6 Å². The zero-order chi connectivity index (χ0) is 15.3. The van der Waals surface area contributed by atoms with Gasteiger partial charge < -0.3 is 19.3 Å². The van der Waals surface area contributed by atoms with Crippen LogP contribution in [0.5, 0.6) is 0 Å². The highest BCUT2D eigenvalue weighted by molar-refractivity contribution is 5.76. The number of hydrogen-bond donors (Lipinski definition) is 1. The molecular weight excluding hydrogens is 272 g/mol. The minimum Gasteiger partial charge on any atom is -0.479 e. The first-order valence-electron chi connectivity index (χ1n) is 8.12. The van der Waals surface area contributed by atoms with Gasteiger partial charge in [-0.15, -0.1) is 0 Å². The van der Waals surface area contributed by atoms with Gasteiger partial charge in [-0.2, -0.15) is 0 Å². The molecule has 1 aliphatic carbocycles. The van der Waals surface area contributed by atoms with Crippen molar-refractivity contribution < 1.29 is 24.1 Å². The summed E-state index contributed by atoms with van der Waals surface area (Å²) in [5.74, 6) is -0.535. The van der Waals surface area contributed by atoms with E-state index in [9.17, 15) is 4.79 Å². The molecule has 1 N–H and O–H groups in total. The molecule has 0 amide bonds. The van der Waals surface area contributed by atoms with E-state index in [0.29, 0.717) is 12.5 Å². The Kier molecular flexibility index (Phi) is 6.02. The fourth-order valence-electron chi connectivity index (χ4n) is 2.94. The first-order chi connectivity index (χ1) is 9.97. The Balaban J connectivity index is 1.74. The van der Waals surface area contributed by atoms with Gasteiger partial charge >= 0.3 is 5.97 Å². The van der Waals surface area contributed by atoms with E-state index in [0.717, 1.165) is 45.1 Å². The van der Waals surface area contributed by atoms with Crippen molar-refractivity contribution in [2.75, 3.05) is 13.2 Å². The van der Waals surface area contributed by atoms with Gasteiger partial charge in [0, 0.05) is 6.61 Å². The second-order valence-electron chi connectivity index (χ2n) is 6.71. The van der Waals surface area contributed by atoms with Gasteiger partial charge in [-0.05, 0) is 58.3 Å². The monoisotopic (exact) mass is 300 g/mol. The molecule has 1 saturated heterocycles. The largest absolute Gasteiger partial charge is 0.479 e. The van der Waals surface area contributed by atoms with Gasteiger partial charge in [0.05, 0.1) is 12.7 Å². The first kappa shape index (κ1) is 16.7. The zero-order valence-corrected chi connectivity index (χ0v) is 13.2. The smallest absolute Gasteiger partial charge is 0.335 e. The number of rotatable bonds is 6. The summed E-state index contributed by atoms with van der Waals surface area (Å²) in [5, 5.41) is 9.07. The number of carboxylic acids is 1. The van der Waals surface area contributed by atoms with E-state index in [4.69, 9.17) is 19.3 Å². The van der Waals surface area contributed by atoms with Crippen molar-refractivity contribution in [3.63, 3.8) is 0 Å². The van der Waals surface area contributed by atoms with E-state index in [1.165, 1.54) is 6.42 Å². The average molecular weight is 300 g/mol. The molecule has 2 fully saturated rings. The fraction of sp³-hybridized carbons (Fsp3) is 0.938. The lowest BCUT2D eigenvalue weighted by Gasteiger charge is -2.34. The number of ether oxygens (including phenoxy) is 3. The lowest BCUT2D eigenvalue weighted by Crippen LogP contribution is -2.38. The first-order valence-corrected chi connectivity index (χ1v) is 8.12. The molecule has 21 heavy (non-hydrogen) atoms. The SMILES string of the molecule is CC(C)(OC[C@@H]1CCC[C@H](OC2CCCCO2)C1)C(=O)O. The van der Waals surface area contributed by atoms with Crippen molar-refractivity contribution in [1.29, 1.82) is 0 Å². The molecule has 1 aliphatic heterocycles. The molecule has 1 heterocycles. The van der Waals surface area contributed by atoms with Crippen molar-refractivity contribution >= 4 is 5.97 Å². The maximum absolute atomic E-state index is 11.1. The zero-order valence-electron chi connectivity index (χ0n) is 13.2. The van der Waals surface area contributed by atoms with Crippen molar-refractivity contribution in [2.24, 2.45) is 5.92 Å². The van der Waals surface area contributed by atoms with Crippen molar-refractivity contribution in [3.8, 4) is 0 Å². The fourth-order valence-corrected chi connectivity index (χ4v) is 2.94. The molecule has 0 aromatic carbocycles. The molecule has 2 rings (SSSR count). The highest BCUT2D eigenvalue weighted by atomic mass is 16.7. The summed E-state index contributed by atoms with van der Waals surface area (Å²) < 4.78 is 17.3. The van der Waals surface area contributed by atoms with Crippen LogP contribution >= 0.6 is 0 Å². The highest BCUT2D eigenvalue weighted by Gasteiger charge is 2.31. The lowest BCUT2D eigenvalue weighted by molar-refractivity contribution is -0.198. The van der Waals surface area contributed by atoms with Crippen LogP contribution in [0.25, 0.3) is 0 Å². The van der Waals surface area contributed by atoms with Crippen molar-refractivity contribution in [2.45, 2.75) is 76.8 Å². The third-order valence-electron chi connectivity index (χ3n) is 4.41. The van der Waals surface area contributed by atoms with E-state index in [1.807, 2.05) is 0 Å². The molecule has 0 spiro atoms. The van der Waals surface area contributed by atoms with Gasteiger partial charge in [0.25, 0.3) is 0 Å². The maximum Gasteiger partial charge on any atom is 0.335 e. The summed E-state index contributed by atoms with van der Waals surface area (Å²) in [5.41, 5.74) is -1.11. The Morgan fingerprint density at radius 2 is 2.05 bits per heavy atom. The summed E-state index contributed by atoms with van der Waals surface area (Å²) in [6.07, 6.45) is 7.68. The molecule has 2 aliphatic rings. The molecule has 1 unspecified atom stereocenters. The van der Waals surface area contributed by atoms with Crippen LogP contribution in [0.15, 0.2) is 0 Å². The Morgan fingerprint density at radius 3 is 2.71 bits per heavy atom. The summed E-state index contributed by atoms with van der Waals surface area (Å²) in [4.78, 5) is 11.1. The third kappa shape index (κ3) is 5.24. The standard InChI is InChI=1S/C16H28O5/c1-16(2,15(17)18)20-11-12-6-5-7-13(10-12)21-14-8-3-4-9-19-14/h12-14H,3-11H2,1-2H3,(H,17,18)/t12-,13+,14?/m1/s1. The Hall–Kier alpha value is -0.650. The Morgan fingerprint density at radius 1 is 1.24 bits per heavy atom. The lowest BCUT2D eigenvalue weighted by atomic mass is 9.87. The Labute approximate surface area is 126 Å². The van der Waals surface area contributed by atoms with Crippen LogP contribution in [0.2, 0.25) is 0 Å². The van der Waals surface area contributed by atoms with Crippen molar-refractivity contribution in [1.82, 2.24) is 0 Å². The molecule has 0 aromatic heterocycles.